The molecule has 0 aliphatic heterocycles. The third kappa shape index (κ3) is 2.83. The van der Waals surface area contributed by atoms with E-state index >= 15 is 0 Å². The van der Waals surface area contributed by atoms with Crippen molar-refractivity contribution in [3.05, 3.63) is 44.9 Å². The van der Waals surface area contributed by atoms with Gasteiger partial charge in [-0.1, -0.05) is 0 Å². The highest BCUT2D eigenvalue weighted by molar-refractivity contribution is 9.10. The Morgan fingerprint density at radius 3 is 2.68 bits per heavy atom. The molecule has 0 aromatic heterocycles. The highest BCUT2D eigenvalue weighted by atomic mass is 79.9. The van der Waals surface area contributed by atoms with E-state index in [2.05, 4.69) is 20.9 Å². The van der Waals surface area contributed by atoms with Gasteiger partial charge in [0.25, 0.3) is 0 Å². The number of hydrogen-bond donors (Lipinski definition) is 1. The van der Waals surface area contributed by atoms with Crippen molar-refractivity contribution in [1.29, 1.82) is 0 Å². The molecule has 0 radical (unpaired) electrons. The lowest BCUT2D eigenvalue weighted by Gasteiger charge is -2.10. The number of phenolic OH excluding ortho intramolecular Hbond substituents is 1. The molecule has 0 bridgehead atoms. The fourth-order valence-electron chi connectivity index (χ4n) is 1.98. The van der Waals surface area contributed by atoms with Gasteiger partial charge >= 0.3 is 5.69 Å². The van der Waals surface area contributed by atoms with Crippen molar-refractivity contribution in [3.8, 4) is 22.6 Å². The van der Waals surface area contributed by atoms with Crippen LogP contribution in [0.1, 0.15) is 0 Å². The van der Waals surface area contributed by atoms with Crippen LogP contribution in [0.2, 0.25) is 0 Å². The summed E-state index contributed by atoms with van der Waals surface area (Å²) in [6, 6.07) is 7.07. The molecule has 0 heterocycles. The third-order valence-corrected chi connectivity index (χ3v) is 3.57. The maximum absolute atomic E-state index is 11.1. The Kier molecular flexibility index (Phi) is 4.55. The van der Waals surface area contributed by atoms with Crippen LogP contribution < -0.4 is 4.74 Å². The summed E-state index contributed by atoms with van der Waals surface area (Å²) in [5.41, 5.74) is 0.374. The Morgan fingerprint density at radius 1 is 1.36 bits per heavy atom. The van der Waals surface area contributed by atoms with Gasteiger partial charge in [0.15, 0.2) is 5.75 Å². The van der Waals surface area contributed by atoms with Gasteiger partial charge < -0.3 is 9.84 Å². The van der Waals surface area contributed by atoms with E-state index in [4.69, 9.17) is 4.74 Å². The van der Waals surface area contributed by atoms with E-state index in [9.17, 15) is 20.0 Å². The second kappa shape index (κ2) is 6.38. The summed E-state index contributed by atoms with van der Waals surface area (Å²) in [6.07, 6.45) is 1.40. The molecule has 8 heteroatoms. The van der Waals surface area contributed by atoms with Gasteiger partial charge in [-0.15, -0.1) is 0 Å². The average Bonchev–Trinajstić information content (AvgIpc) is 2.50. The minimum absolute atomic E-state index is 0.0867. The third-order valence-electron chi connectivity index (χ3n) is 2.93. The highest BCUT2D eigenvalue weighted by Crippen LogP contribution is 2.44. The zero-order valence-electron chi connectivity index (χ0n) is 11.2. The molecular weight excluding hydrogens is 356 g/mol. The first kappa shape index (κ1) is 15.7. The number of halogens is 1. The summed E-state index contributed by atoms with van der Waals surface area (Å²) in [5.74, 6) is -0.0830. The first-order chi connectivity index (χ1) is 10.5. The van der Waals surface area contributed by atoms with E-state index in [1.807, 2.05) is 0 Å². The minimum atomic E-state index is -0.597. The molecule has 0 fully saturated rings. The number of phenols is 1. The van der Waals surface area contributed by atoms with Gasteiger partial charge in [0.05, 0.1) is 17.6 Å². The lowest BCUT2D eigenvalue weighted by atomic mass is 10.0. The smallest absolute Gasteiger partial charge is 0.311 e. The fourth-order valence-corrected chi connectivity index (χ4v) is 2.40. The molecule has 0 saturated carbocycles. The summed E-state index contributed by atoms with van der Waals surface area (Å²) in [5, 5.41) is 21.1. The highest BCUT2D eigenvalue weighted by Gasteiger charge is 2.20. The van der Waals surface area contributed by atoms with Crippen LogP contribution in [0.5, 0.6) is 11.5 Å². The molecule has 2 rings (SSSR count). The van der Waals surface area contributed by atoms with Crippen molar-refractivity contribution < 1.29 is 19.6 Å². The SMILES string of the molecule is COc1ccc(-c2c(O)ccc(Br)c2N=C=O)cc1[N+](=O)[O-]. The predicted octanol–water partition coefficient (Wildman–Crippen LogP) is 3.71. The van der Waals surface area contributed by atoms with Gasteiger partial charge in [-0.3, -0.25) is 10.1 Å². The molecule has 112 valence electrons. The maximum atomic E-state index is 11.1. The van der Waals surface area contributed by atoms with Crippen LogP contribution in [-0.4, -0.2) is 23.2 Å². The topological polar surface area (TPSA) is 102 Å². The minimum Gasteiger partial charge on any atom is -0.507 e. The number of aliphatic imine (C=N–C) groups is 1. The molecule has 0 aliphatic rings. The molecule has 7 nitrogen and oxygen atoms in total. The van der Waals surface area contributed by atoms with Crippen LogP contribution in [0, 0.1) is 10.1 Å². The number of nitrogens with zero attached hydrogens (tertiary/aromatic N) is 2. The summed E-state index contributed by atoms with van der Waals surface area (Å²) in [6.45, 7) is 0. The first-order valence-corrected chi connectivity index (χ1v) is 6.71. The van der Waals surface area contributed by atoms with E-state index in [1.54, 1.807) is 0 Å². The van der Waals surface area contributed by atoms with E-state index in [-0.39, 0.29) is 28.4 Å². The first-order valence-electron chi connectivity index (χ1n) is 5.91. The number of ether oxygens (including phenoxy) is 1. The standard InChI is InChI=1S/C14H9BrN2O5/c1-22-12-5-2-8(6-10(12)17(20)21)13-11(19)4-3-9(15)14(13)16-7-18/h2-6,19H,1H3. The Bertz CT molecular complexity index is 800. The Hall–Kier alpha value is -2.70. The largest absolute Gasteiger partial charge is 0.507 e. The number of aromatic hydroxyl groups is 1. The lowest BCUT2D eigenvalue weighted by Crippen LogP contribution is -1.94. The number of benzene rings is 2. The number of hydrogen-bond acceptors (Lipinski definition) is 6. The van der Waals surface area contributed by atoms with Gasteiger partial charge in [0.1, 0.15) is 11.4 Å². The molecule has 0 saturated heterocycles. The Morgan fingerprint density at radius 2 is 2.09 bits per heavy atom. The molecule has 1 N–H and O–H groups in total. The van der Waals surface area contributed by atoms with Crippen LogP contribution in [0.4, 0.5) is 11.4 Å². The zero-order chi connectivity index (χ0) is 16.3. The molecule has 0 unspecified atom stereocenters. The van der Waals surface area contributed by atoms with Gasteiger partial charge in [-0.25, -0.2) is 4.79 Å². The van der Waals surface area contributed by atoms with E-state index < -0.39 is 4.92 Å². The number of nitro groups is 1. The molecule has 2 aromatic rings. The second-order valence-corrected chi connectivity index (χ2v) is 4.99. The van der Waals surface area contributed by atoms with Gasteiger partial charge in [-0.2, -0.15) is 4.99 Å². The van der Waals surface area contributed by atoms with E-state index in [0.717, 1.165) is 0 Å². The number of methoxy groups -OCH3 is 1. The molecule has 0 aliphatic carbocycles. The van der Waals surface area contributed by atoms with Crippen molar-refractivity contribution in [3.63, 3.8) is 0 Å². The second-order valence-electron chi connectivity index (χ2n) is 4.14. The normalized spacial score (nSPS) is 9.91. The van der Waals surface area contributed by atoms with Crippen molar-refractivity contribution in [2.24, 2.45) is 4.99 Å². The van der Waals surface area contributed by atoms with Crippen molar-refractivity contribution in [2.45, 2.75) is 0 Å². The molecule has 22 heavy (non-hydrogen) atoms. The van der Waals surface area contributed by atoms with E-state index in [0.29, 0.717) is 10.0 Å². The average molecular weight is 365 g/mol. The van der Waals surface area contributed by atoms with Gasteiger partial charge in [0.2, 0.25) is 6.08 Å². The Labute approximate surface area is 133 Å². The summed E-state index contributed by atoms with van der Waals surface area (Å²) in [4.78, 5) is 24.6. The number of rotatable bonds is 4. The van der Waals surface area contributed by atoms with Crippen molar-refractivity contribution >= 4 is 33.4 Å². The quantitative estimate of drug-likeness (QED) is 0.385. The van der Waals surface area contributed by atoms with Crippen LogP contribution in [0.15, 0.2) is 39.8 Å². The van der Waals surface area contributed by atoms with Crippen LogP contribution in [-0.2, 0) is 4.79 Å². The van der Waals surface area contributed by atoms with E-state index in [1.165, 1.54) is 43.5 Å². The predicted molar refractivity (Wildman–Crippen MR) is 82.2 cm³/mol. The number of carbonyl (C=O) groups excluding carboxylic acids is 1. The van der Waals surface area contributed by atoms with Crippen molar-refractivity contribution in [1.82, 2.24) is 0 Å². The van der Waals surface area contributed by atoms with Crippen LogP contribution >= 0.6 is 15.9 Å². The van der Waals surface area contributed by atoms with Gasteiger partial charge in [-0.05, 0) is 45.8 Å². The summed E-state index contributed by atoms with van der Waals surface area (Å²) in [7, 11) is 1.32. The summed E-state index contributed by atoms with van der Waals surface area (Å²) >= 11 is 3.21. The fraction of sp³-hybridized carbons (Fsp3) is 0.0714. The molecule has 2 aromatic carbocycles. The molecule has 0 atom stereocenters. The number of nitro benzene ring substituents is 1. The molecule has 0 spiro atoms. The number of isocyanates is 1. The molecular formula is C14H9BrN2O5. The Balaban J connectivity index is 2.77. The van der Waals surface area contributed by atoms with Gasteiger partial charge in [0, 0.05) is 10.5 Å². The lowest BCUT2D eigenvalue weighted by molar-refractivity contribution is -0.385. The monoisotopic (exact) mass is 364 g/mol. The molecule has 0 amide bonds. The summed E-state index contributed by atoms with van der Waals surface area (Å²) < 4.78 is 5.38. The maximum Gasteiger partial charge on any atom is 0.311 e. The van der Waals surface area contributed by atoms with Crippen LogP contribution in [0.3, 0.4) is 0 Å². The zero-order valence-corrected chi connectivity index (χ0v) is 12.8. The van der Waals surface area contributed by atoms with Crippen LogP contribution in [0.25, 0.3) is 11.1 Å². The van der Waals surface area contributed by atoms with Crippen molar-refractivity contribution in [2.75, 3.05) is 7.11 Å².